The van der Waals surface area contributed by atoms with Gasteiger partial charge in [0.15, 0.2) is 0 Å². The second kappa shape index (κ2) is 12.5. The molecule has 1 aliphatic carbocycles. The molecule has 0 unspecified atom stereocenters. The molecule has 3 aromatic rings. The van der Waals surface area contributed by atoms with Crippen LogP contribution in [-0.2, 0) is 11.2 Å². The van der Waals surface area contributed by atoms with Crippen LogP contribution in [0.15, 0.2) is 30.5 Å². The number of amides is 1. The van der Waals surface area contributed by atoms with Crippen molar-refractivity contribution in [2.75, 3.05) is 25.1 Å². The Morgan fingerprint density at radius 2 is 1.89 bits per heavy atom. The SMILES string of the molecule is Cc1cnc(NC(=O)c2nnc(CC3CCCCC3)[nH]2)cc1-c1cc(OCCC2CCOCC2)ccc1F. The predicted molar refractivity (Wildman–Crippen MR) is 143 cm³/mol. The molecular formula is C29H36FN5O3. The Kier molecular flexibility index (Phi) is 8.63. The summed E-state index contributed by atoms with van der Waals surface area (Å²) >= 11 is 0. The van der Waals surface area contributed by atoms with Gasteiger partial charge in [-0.05, 0) is 73.4 Å². The van der Waals surface area contributed by atoms with Gasteiger partial charge < -0.3 is 19.8 Å². The van der Waals surface area contributed by atoms with E-state index in [9.17, 15) is 9.18 Å². The predicted octanol–water partition coefficient (Wildman–Crippen LogP) is 5.88. The Morgan fingerprint density at radius 3 is 2.71 bits per heavy atom. The van der Waals surface area contributed by atoms with Gasteiger partial charge >= 0.3 is 0 Å². The van der Waals surface area contributed by atoms with Crippen molar-refractivity contribution in [2.24, 2.45) is 11.8 Å². The summed E-state index contributed by atoms with van der Waals surface area (Å²) in [6.07, 6.45) is 11.7. The molecule has 5 rings (SSSR count). The van der Waals surface area contributed by atoms with Gasteiger partial charge in [-0.25, -0.2) is 9.37 Å². The fraction of sp³-hybridized carbons (Fsp3) is 0.517. The highest BCUT2D eigenvalue weighted by Crippen LogP contribution is 2.31. The third-order valence-corrected chi connectivity index (χ3v) is 7.66. The van der Waals surface area contributed by atoms with Crippen molar-refractivity contribution in [3.05, 3.63) is 53.5 Å². The first kappa shape index (κ1) is 26.3. The molecule has 2 N–H and O–H groups in total. The highest BCUT2D eigenvalue weighted by molar-refractivity contribution is 6.01. The maximum absolute atomic E-state index is 14.9. The summed E-state index contributed by atoms with van der Waals surface area (Å²) in [6.45, 7) is 4.06. The summed E-state index contributed by atoms with van der Waals surface area (Å²) in [6, 6.07) is 6.45. The van der Waals surface area contributed by atoms with Gasteiger partial charge in [-0.3, -0.25) is 4.79 Å². The molecule has 0 radical (unpaired) electrons. The number of hydrogen-bond acceptors (Lipinski definition) is 6. The maximum Gasteiger partial charge on any atom is 0.294 e. The number of carbonyl (C=O) groups excluding carboxylic acids is 1. The Bertz CT molecular complexity index is 1230. The Morgan fingerprint density at radius 1 is 1.08 bits per heavy atom. The number of aromatic amines is 1. The quantitative estimate of drug-likeness (QED) is 0.364. The number of hydrogen-bond donors (Lipinski definition) is 2. The van der Waals surface area contributed by atoms with Gasteiger partial charge in [0.1, 0.15) is 23.2 Å². The van der Waals surface area contributed by atoms with Crippen molar-refractivity contribution < 1.29 is 18.7 Å². The highest BCUT2D eigenvalue weighted by atomic mass is 19.1. The van der Waals surface area contributed by atoms with Gasteiger partial charge in [0.25, 0.3) is 5.91 Å². The van der Waals surface area contributed by atoms with Gasteiger partial charge in [-0.2, -0.15) is 0 Å². The second-order valence-corrected chi connectivity index (χ2v) is 10.5. The molecule has 2 fully saturated rings. The normalized spacial score (nSPS) is 16.9. The van der Waals surface area contributed by atoms with Gasteiger partial charge in [-0.1, -0.05) is 32.1 Å². The van der Waals surface area contributed by atoms with E-state index in [-0.39, 0.29) is 11.6 Å². The first-order chi connectivity index (χ1) is 18.5. The standard InChI is InChI=1S/C29H36FN5O3/c1-19-18-31-26(33-29(36)28-32-27(34-35-28)15-21-5-3-2-4-6-21)17-23(19)24-16-22(7-8-25(24)30)38-14-11-20-9-12-37-13-10-20/h7-8,16-18,20-21H,2-6,9-15H2,1H3,(H,31,33,36)(H,32,34,35). The fourth-order valence-electron chi connectivity index (χ4n) is 5.39. The molecule has 2 aliphatic rings. The maximum atomic E-state index is 14.9. The molecule has 0 bridgehead atoms. The summed E-state index contributed by atoms with van der Waals surface area (Å²) < 4.78 is 26.3. The summed E-state index contributed by atoms with van der Waals surface area (Å²) in [4.78, 5) is 20.2. The van der Waals surface area contributed by atoms with E-state index in [1.54, 1.807) is 24.4 Å². The van der Waals surface area contributed by atoms with Crippen molar-refractivity contribution >= 4 is 11.7 Å². The second-order valence-electron chi connectivity index (χ2n) is 10.5. The lowest BCUT2D eigenvalue weighted by molar-refractivity contribution is 0.0593. The van der Waals surface area contributed by atoms with E-state index in [0.717, 1.165) is 50.3 Å². The molecule has 2 aromatic heterocycles. The molecular weight excluding hydrogens is 485 g/mol. The van der Waals surface area contributed by atoms with Crippen LogP contribution in [0.4, 0.5) is 10.2 Å². The number of ether oxygens (including phenoxy) is 2. The molecule has 1 aliphatic heterocycles. The lowest BCUT2D eigenvalue weighted by Gasteiger charge is -2.21. The topological polar surface area (TPSA) is 102 Å². The minimum Gasteiger partial charge on any atom is -0.494 e. The largest absolute Gasteiger partial charge is 0.494 e. The summed E-state index contributed by atoms with van der Waals surface area (Å²) in [5, 5.41) is 11.0. The molecule has 0 atom stereocenters. The van der Waals surface area contributed by atoms with Crippen molar-refractivity contribution in [1.82, 2.24) is 20.2 Å². The minimum absolute atomic E-state index is 0.144. The van der Waals surface area contributed by atoms with E-state index in [4.69, 9.17) is 9.47 Å². The fourth-order valence-corrected chi connectivity index (χ4v) is 5.39. The average molecular weight is 522 g/mol. The van der Waals surface area contributed by atoms with E-state index in [2.05, 4.69) is 25.5 Å². The Hall–Kier alpha value is -3.33. The number of benzene rings is 1. The summed E-state index contributed by atoms with van der Waals surface area (Å²) in [5.41, 5.74) is 1.83. The van der Waals surface area contributed by atoms with Crippen LogP contribution >= 0.6 is 0 Å². The first-order valence-electron chi connectivity index (χ1n) is 13.7. The van der Waals surface area contributed by atoms with Crippen LogP contribution in [0.3, 0.4) is 0 Å². The number of halogens is 1. The lowest BCUT2D eigenvalue weighted by atomic mass is 9.87. The van der Waals surface area contributed by atoms with Crippen molar-refractivity contribution in [1.29, 1.82) is 0 Å². The smallest absolute Gasteiger partial charge is 0.294 e. The number of H-pyrrole nitrogens is 1. The average Bonchev–Trinajstić information content (AvgIpc) is 3.41. The molecule has 0 spiro atoms. The van der Waals surface area contributed by atoms with Crippen molar-refractivity contribution in [3.63, 3.8) is 0 Å². The monoisotopic (exact) mass is 521 g/mol. The highest BCUT2D eigenvalue weighted by Gasteiger charge is 2.19. The van der Waals surface area contributed by atoms with E-state index in [1.807, 2.05) is 6.92 Å². The van der Waals surface area contributed by atoms with Crippen LogP contribution in [0.1, 0.15) is 73.4 Å². The third kappa shape index (κ3) is 6.75. The number of pyridine rings is 1. The van der Waals surface area contributed by atoms with Crippen molar-refractivity contribution in [2.45, 2.75) is 64.7 Å². The molecule has 9 heteroatoms. The molecule has 202 valence electrons. The van der Waals surface area contributed by atoms with Crippen LogP contribution in [0, 0.1) is 24.6 Å². The van der Waals surface area contributed by atoms with E-state index in [1.165, 1.54) is 38.2 Å². The van der Waals surface area contributed by atoms with Crippen molar-refractivity contribution in [3.8, 4) is 16.9 Å². The number of aryl methyl sites for hydroxylation is 1. The number of carbonyl (C=O) groups is 1. The van der Waals surface area contributed by atoms with Crippen LogP contribution in [0.25, 0.3) is 11.1 Å². The zero-order chi connectivity index (χ0) is 26.3. The van der Waals surface area contributed by atoms with Crippen LogP contribution in [0.5, 0.6) is 5.75 Å². The minimum atomic E-state index is -0.430. The third-order valence-electron chi connectivity index (χ3n) is 7.66. The molecule has 1 amide bonds. The Balaban J connectivity index is 1.24. The number of anilines is 1. The van der Waals surface area contributed by atoms with Crippen LogP contribution in [-0.4, -0.2) is 45.9 Å². The number of aromatic nitrogens is 4. The molecule has 1 aromatic carbocycles. The molecule has 8 nitrogen and oxygen atoms in total. The lowest BCUT2D eigenvalue weighted by Crippen LogP contribution is -2.17. The zero-order valence-corrected chi connectivity index (χ0v) is 22.0. The Labute approximate surface area is 222 Å². The van der Waals surface area contributed by atoms with Gasteiger partial charge in [0.2, 0.25) is 5.82 Å². The van der Waals surface area contributed by atoms with E-state index < -0.39 is 5.91 Å². The number of rotatable bonds is 9. The molecule has 1 saturated carbocycles. The number of nitrogens with one attached hydrogen (secondary N) is 2. The zero-order valence-electron chi connectivity index (χ0n) is 22.0. The van der Waals surface area contributed by atoms with Gasteiger partial charge in [0.05, 0.1) is 6.61 Å². The molecule has 3 heterocycles. The summed E-state index contributed by atoms with van der Waals surface area (Å²) in [5.74, 6) is 2.20. The van der Waals surface area contributed by atoms with Gasteiger partial charge in [-0.15, -0.1) is 10.2 Å². The van der Waals surface area contributed by atoms with E-state index >= 15 is 0 Å². The van der Waals surface area contributed by atoms with Crippen LogP contribution < -0.4 is 10.1 Å². The molecule has 38 heavy (non-hydrogen) atoms. The molecule has 1 saturated heterocycles. The van der Waals surface area contributed by atoms with Gasteiger partial charge in [0, 0.05) is 31.4 Å². The van der Waals surface area contributed by atoms with Crippen LogP contribution in [0.2, 0.25) is 0 Å². The van der Waals surface area contributed by atoms with E-state index in [0.29, 0.717) is 41.1 Å². The first-order valence-corrected chi connectivity index (χ1v) is 13.7. The summed E-state index contributed by atoms with van der Waals surface area (Å²) in [7, 11) is 0. The number of nitrogens with zero attached hydrogens (tertiary/aromatic N) is 3.